The monoisotopic (exact) mass is 351 g/mol. The summed E-state index contributed by atoms with van der Waals surface area (Å²) in [6.45, 7) is 5.19. The second-order valence-corrected chi connectivity index (χ2v) is 6.76. The van der Waals surface area contributed by atoms with Gasteiger partial charge in [0.2, 0.25) is 5.91 Å². The van der Waals surface area contributed by atoms with Crippen molar-refractivity contribution in [3.8, 4) is 11.3 Å². The van der Waals surface area contributed by atoms with Crippen molar-refractivity contribution < 1.29 is 4.79 Å². The number of aryl methyl sites for hydroxylation is 2. The number of aromatic nitrogens is 1. The van der Waals surface area contributed by atoms with Crippen molar-refractivity contribution in [2.75, 3.05) is 11.9 Å². The molecule has 1 aromatic carbocycles. The maximum absolute atomic E-state index is 12.0. The number of hydrogen-bond acceptors (Lipinski definition) is 4. The summed E-state index contributed by atoms with van der Waals surface area (Å²) < 4.78 is 0. The van der Waals surface area contributed by atoms with Gasteiger partial charge in [0.05, 0.1) is 5.69 Å². The highest BCUT2D eigenvalue weighted by atomic mass is 35.5. The van der Waals surface area contributed by atoms with E-state index in [0.717, 1.165) is 30.6 Å². The van der Waals surface area contributed by atoms with Crippen molar-refractivity contribution in [2.24, 2.45) is 0 Å². The lowest BCUT2D eigenvalue weighted by Gasteiger charge is -2.08. The van der Waals surface area contributed by atoms with E-state index in [4.69, 9.17) is 0 Å². The van der Waals surface area contributed by atoms with Crippen LogP contribution in [-0.2, 0) is 4.79 Å². The van der Waals surface area contributed by atoms with E-state index >= 15 is 0 Å². The lowest BCUT2D eigenvalue weighted by atomic mass is 10.0. The third-order valence-corrected chi connectivity index (χ3v) is 4.76. The molecule has 1 saturated heterocycles. The van der Waals surface area contributed by atoms with E-state index in [9.17, 15) is 4.79 Å². The second-order valence-electron chi connectivity index (χ2n) is 5.90. The smallest absolute Gasteiger partial charge is 0.227 e. The minimum atomic E-state index is 0. The first-order valence-corrected chi connectivity index (χ1v) is 8.56. The summed E-state index contributed by atoms with van der Waals surface area (Å²) in [6, 6.07) is 6.65. The van der Waals surface area contributed by atoms with Crippen LogP contribution in [-0.4, -0.2) is 23.5 Å². The Morgan fingerprint density at radius 3 is 2.96 bits per heavy atom. The number of rotatable bonds is 4. The molecule has 124 valence electrons. The first-order chi connectivity index (χ1) is 10.6. The van der Waals surface area contributed by atoms with Crippen LogP contribution >= 0.6 is 23.7 Å². The van der Waals surface area contributed by atoms with Crippen molar-refractivity contribution in [1.29, 1.82) is 0 Å². The van der Waals surface area contributed by atoms with Crippen LogP contribution in [0.1, 0.15) is 30.4 Å². The molecule has 1 aromatic heterocycles. The van der Waals surface area contributed by atoms with E-state index < -0.39 is 0 Å². The minimum absolute atomic E-state index is 0. The summed E-state index contributed by atoms with van der Waals surface area (Å²) in [5.74, 6) is 0.0425. The molecule has 1 aliphatic heterocycles. The number of hydrogen-bond donors (Lipinski definition) is 2. The van der Waals surface area contributed by atoms with E-state index in [-0.39, 0.29) is 18.3 Å². The van der Waals surface area contributed by atoms with Crippen molar-refractivity contribution >= 4 is 34.8 Å². The minimum Gasteiger partial charge on any atom is -0.313 e. The zero-order valence-electron chi connectivity index (χ0n) is 13.4. The van der Waals surface area contributed by atoms with Crippen LogP contribution in [0.2, 0.25) is 0 Å². The fourth-order valence-corrected chi connectivity index (χ4v) is 3.61. The molecule has 1 unspecified atom stereocenters. The zero-order chi connectivity index (χ0) is 15.5. The molecule has 1 aliphatic rings. The van der Waals surface area contributed by atoms with Crippen LogP contribution in [0.4, 0.5) is 5.13 Å². The molecule has 0 saturated carbocycles. The standard InChI is InChI=1S/C17H21N3OS.ClH/c1-11-5-6-14(12(2)8-11)15-10-22-17(19-15)20-16(21)9-13-4-3-7-18-13;/h5-6,8,10,13,18H,3-4,7,9H2,1-2H3,(H,19,20,21);1H. The molecule has 1 atom stereocenters. The van der Waals surface area contributed by atoms with E-state index in [0.29, 0.717) is 17.6 Å². The van der Waals surface area contributed by atoms with E-state index in [1.807, 2.05) is 5.38 Å². The molecule has 2 N–H and O–H groups in total. The van der Waals surface area contributed by atoms with Crippen LogP contribution in [0, 0.1) is 13.8 Å². The van der Waals surface area contributed by atoms with E-state index in [1.165, 1.54) is 22.5 Å². The molecule has 3 rings (SSSR count). The number of halogens is 1. The van der Waals surface area contributed by atoms with Gasteiger partial charge in [0, 0.05) is 23.4 Å². The first kappa shape index (κ1) is 17.9. The zero-order valence-corrected chi connectivity index (χ0v) is 15.0. The van der Waals surface area contributed by atoms with Gasteiger partial charge in [0.15, 0.2) is 5.13 Å². The summed E-state index contributed by atoms with van der Waals surface area (Å²) in [5, 5.41) is 8.94. The van der Waals surface area contributed by atoms with Crippen molar-refractivity contribution in [3.63, 3.8) is 0 Å². The lowest BCUT2D eigenvalue weighted by molar-refractivity contribution is -0.116. The van der Waals surface area contributed by atoms with E-state index in [1.54, 1.807) is 0 Å². The molecule has 2 heterocycles. The number of thiazole rings is 1. The topological polar surface area (TPSA) is 54.0 Å². The normalized spacial score (nSPS) is 16.9. The molecule has 1 amide bonds. The molecule has 1 fully saturated rings. The van der Waals surface area contributed by atoms with Gasteiger partial charge in [0.25, 0.3) is 0 Å². The Morgan fingerprint density at radius 1 is 1.43 bits per heavy atom. The van der Waals surface area contributed by atoms with Crippen LogP contribution in [0.3, 0.4) is 0 Å². The molecule has 0 spiro atoms. The van der Waals surface area contributed by atoms with Crippen LogP contribution in [0.5, 0.6) is 0 Å². The fraction of sp³-hybridized carbons (Fsp3) is 0.412. The maximum Gasteiger partial charge on any atom is 0.227 e. The summed E-state index contributed by atoms with van der Waals surface area (Å²) in [7, 11) is 0. The molecule has 6 heteroatoms. The fourth-order valence-electron chi connectivity index (χ4n) is 2.88. The highest BCUT2D eigenvalue weighted by molar-refractivity contribution is 7.14. The van der Waals surface area contributed by atoms with Crippen LogP contribution in [0.15, 0.2) is 23.6 Å². The van der Waals surface area contributed by atoms with Gasteiger partial charge in [-0.2, -0.15) is 0 Å². The van der Waals surface area contributed by atoms with Gasteiger partial charge in [-0.25, -0.2) is 4.98 Å². The largest absolute Gasteiger partial charge is 0.313 e. The molecular weight excluding hydrogens is 330 g/mol. The highest BCUT2D eigenvalue weighted by Crippen LogP contribution is 2.28. The van der Waals surface area contributed by atoms with Crippen molar-refractivity contribution in [3.05, 3.63) is 34.7 Å². The quantitative estimate of drug-likeness (QED) is 0.877. The van der Waals surface area contributed by atoms with Crippen molar-refractivity contribution in [2.45, 2.75) is 39.2 Å². The molecular formula is C17H22ClN3OS. The van der Waals surface area contributed by atoms with E-state index in [2.05, 4.69) is 47.7 Å². The summed E-state index contributed by atoms with van der Waals surface area (Å²) >= 11 is 1.48. The van der Waals surface area contributed by atoms with Gasteiger partial charge in [-0.3, -0.25) is 4.79 Å². The number of nitrogens with one attached hydrogen (secondary N) is 2. The number of anilines is 1. The Kier molecular flexibility index (Phi) is 6.16. The predicted octanol–water partition coefficient (Wildman–Crippen LogP) is 3.93. The van der Waals surface area contributed by atoms with Gasteiger partial charge >= 0.3 is 0 Å². The molecule has 23 heavy (non-hydrogen) atoms. The molecule has 2 aromatic rings. The van der Waals surface area contributed by atoms with Gasteiger partial charge in [0.1, 0.15) is 0 Å². The predicted molar refractivity (Wildman–Crippen MR) is 98.5 cm³/mol. The SMILES string of the molecule is Cc1ccc(-c2csc(NC(=O)CC3CCCN3)n2)c(C)c1.Cl. The van der Waals surface area contributed by atoms with Crippen molar-refractivity contribution in [1.82, 2.24) is 10.3 Å². The summed E-state index contributed by atoms with van der Waals surface area (Å²) in [6.07, 6.45) is 2.77. The van der Waals surface area contributed by atoms with Gasteiger partial charge in [-0.15, -0.1) is 23.7 Å². The summed E-state index contributed by atoms with van der Waals surface area (Å²) in [5.41, 5.74) is 4.50. The van der Waals surface area contributed by atoms with Crippen LogP contribution < -0.4 is 10.6 Å². The molecule has 0 aliphatic carbocycles. The molecule has 4 nitrogen and oxygen atoms in total. The number of amides is 1. The second kappa shape index (κ2) is 7.90. The Balaban J connectivity index is 0.00000192. The third-order valence-electron chi connectivity index (χ3n) is 4.00. The highest BCUT2D eigenvalue weighted by Gasteiger charge is 2.18. The number of benzene rings is 1. The average molecular weight is 352 g/mol. The summed E-state index contributed by atoms with van der Waals surface area (Å²) in [4.78, 5) is 16.6. The number of carbonyl (C=O) groups is 1. The molecule has 0 radical (unpaired) electrons. The average Bonchev–Trinajstić information content (AvgIpc) is 3.10. The van der Waals surface area contributed by atoms with Crippen LogP contribution in [0.25, 0.3) is 11.3 Å². The Morgan fingerprint density at radius 2 is 2.26 bits per heavy atom. The Labute approximate surface area is 147 Å². The van der Waals surface area contributed by atoms with Gasteiger partial charge in [-0.05, 0) is 38.8 Å². The lowest BCUT2D eigenvalue weighted by Crippen LogP contribution is -2.27. The first-order valence-electron chi connectivity index (χ1n) is 7.68. The number of carbonyl (C=O) groups excluding carboxylic acids is 1. The maximum atomic E-state index is 12.0. The third kappa shape index (κ3) is 4.53. The Bertz CT molecular complexity index is 680. The Hall–Kier alpha value is -1.43. The van der Waals surface area contributed by atoms with Gasteiger partial charge in [-0.1, -0.05) is 23.8 Å². The molecule has 0 bridgehead atoms. The number of nitrogens with zero attached hydrogens (tertiary/aromatic N) is 1. The van der Waals surface area contributed by atoms with Gasteiger partial charge < -0.3 is 10.6 Å².